The smallest absolute Gasteiger partial charge is 0.0295 e. The van der Waals surface area contributed by atoms with Gasteiger partial charge in [-0.05, 0) is 24.9 Å². The van der Waals surface area contributed by atoms with Crippen molar-refractivity contribution in [2.75, 3.05) is 6.54 Å². The molecule has 4 N–H and O–H groups in total. The SMILES string of the molecule is NCCC[C@@H](N)c1ccccc1. The molecule has 2 nitrogen and oxygen atoms in total. The molecule has 1 aromatic carbocycles. The monoisotopic (exact) mass is 164 g/mol. The van der Waals surface area contributed by atoms with E-state index in [2.05, 4.69) is 12.1 Å². The van der Waals surface area contributed by atoms with Crippen LogP contribution in [-0.4, -0.2) is 6.54 Å². The third kappa shape index (κ3) is 2.64. The van der Waals surface area contributed by atoms with Crippen molar-refractivity contribution in [3.05, 3.63) is 35.9 Å². The minimum atomic E-state index is 0.148. The average Bonchev–Trinajstić information content (AvgIpc) is 2.15. The Morgan fingerprint density at radius 2 is 1.83 bits per heavy atom. The van der Waals surface area contributed by atoms with Crippen molar-refractivity contribution in [3.63, 3.8) is 0 Å². The normalized spacial score (nSPS) is 12.8. The lowest BCUT2D eigenvalue weighted by molar-refractivity contribution is 0.618. The molecule has 1 atom stereocenters. The van der Waals surface area contributed by atoms with E-state index in [1.54, 1.807) is 0 Å². The second-order valence-electron chi connectivity index (χ2n) is 2.95. The summed E-state index contributed by atoms with van der Waals surface area (Å²) < 4.78 is 0. The zero-order valence-electron chi connectivity index (χ0n) is 7.24. The van der Waals surface area contributed by atoms with Gasteiger partial charge in [-0.2, -0.15) is 0 Å². The molecule has 0 aromatic heterocycles. The van der Waals surface area contributed by atoms with Crippen LogP contribution in [0.25, 0.3) is 0 Å². The third-order valence-corrected chi connectivity index (χ3v) is 1.95. The largest absolute Gasteiger partial charge is 0.330 e. The van der Waals surface area contributed by atoms with Gasteiger partial charge in [-0.25, -0.2) is 0 Å². The zero-order chi connectivity index (χ0) is 8.81. The van der Waals surface area contributed by atoms with Crippen molar-refractivity contribution in [2.24, 2.45) is 11.5 Å². The van der Waals surface area contributed by atoms with Crippen LogP contribution in [-0.2, 0) is 0 Å². The van der Waals surface area contributed by atoms with Crippen LogP contribution in [0.15, 0.2) is 30.3 Å². The molecule has 0 unspecified atom stereocenters. The lowest BCUT2D eigenvalue weighted by Gasteiger charge is -2.10. The molecule has 0 saturated carbocycles. The van der Waals surface area contributed by atoms with Gasteiger partial charge in [0.1, 0.15) is 0 Å². The first-order chi connectivity index (χ1) is 5.84. The summed E-state index contributed by atoms with van der Waals surface area (Å²) in [6.45, 7) is 0.723. The number of rotatable bonds is 4. The Labute approximate surface area is 73.6 Å². The molecule has 0 bridgehead atoms. The Bertz CT molecular complexity index is 208. The van der Waals surface area contributed by atoms with Crippen molar-refractivity contribution in [3.8, 4) is 0 Å². The molecule has 1 rings (SSSR count). The minimum Gasteiger partial charge on any atom is -0.330 e. The summed E-state index contributed by atoms with van der Waals surface area (Å²) in [4.78, 5) is 0. The van der Waals surface area contributed by atoms with Crippen LogP contribution in [0.2, 0.25) is 0 Å². The van der Waals surface area contributed by atoms with E-state index in [4.69, 9.17) is 11.5 Å². The van der Waals surface area contributed by atoms with Gasteiger partial charge in [0, 0.05) is 6.04 Å². The van der Waals surface area contributed by atoms with Gasteiger partial charge in [0.25, 0.3) is 0 Å². The van der Waals surface area contributed by atoms with Gasteiger partial charge in [-0.15, -0.1) is 0 Å². The molecule has 66 valence electrons. The number of hydrogen-bond acceptors (Lipinski definition) is 2. The maximum absolute atomic E-state index is 5.93. The molecular weight excluding hydrogens is 148 g/mol. The van der Waals surface area contributed by atoms with E-state index < -0.39 is 0 Å². The Morgan fingerprint density at radius 1 is 1.17 bits per heavy atom. The summed E-state index contributed by atoms with van der Waals surface area (Å²) in [6, 6.07) is 10.3. The number of hydrogen-bond donors (Lipinski definition) is 2. The molecule has 12 heavy (non-hydrogen) atoms. The third-order valence-electron chi connectivity index (χ3n) is 1.95. The minimum absolute atomic E-state index is 0.148. The molecule has 2 heteroatoms. The molecule has 0 spiro atoms. The fraction of sp³-hybridized carbons (Fsp3) is 0.400. The zero-order valence-corrected chi connectivity index (χ0v) is 7.24. The topological polar surface area (TPSA) is 52.0 Å². The molecule has 0 amide bonds. The van der Waals surface area contributed by atoms with Crippen molar-refractivity contribution in [2.45, 2.75) is 18.9 Å². The van der Waals surface area contributed by atoms with Gasteiger partial charge in [0.2, 0.25) is 0 Å². The Kier molecular flexibility index (Phi) is 3.77. The van der Waals surface area contributed by atoms with Gasteiger partial charge in [0.05, 0.1) is 0 Å². The quantitative estimate of drug-likeness (QED) is 0.707. The summed E-state index contributed by atoms with van der Waals surface area (Å²) in [7, 11) is 0. The van der Waals surface area contributed by atoms with Crippen LogP contribution in [0.4, 0.5) is 0 Å². The highest BCUT2D eigenvalue weighted by Gasteiger charge is 2.02. The molecule has 0 radical (unpaired) electrons. The predicted molar refractivity (Wildman–Crippen MR) is 51.7 cm³/mol. The van der Waals surface area contributed by atoms with E-state index in [9.17, 15) is 0 Å². The Balaban J connectivity index is 2.48. The van der Waals surface area contributed by atoms with E-state index in [0.29, 0.717) is 0 Å². The van der Waals surface area contributed by atoms with Crippen molar-refractivity contribution in [1.29, 1.82) is 0 Å². The van der Waals surface area contributed by atoms with Crippen LogP contribution >= 0.6 is 0 Å². The van der Waals surface area contributed by atoms with E-state index >= 15 is 0 Å². The molecule has 1 aromatic rings. The summed E-state index contributed by atoms with van der Waals surface area (Å²) in [5.41, 5.74) is 12.5. The fourth-order valence-electron chi connectivity index (χ4n) is 1.20. The second-order valence-corrected chi connectivity index (χ2v) is 2.95. The van der Waals surface area contributed by atoms with Gasteiger partial charge >= 0.3 is 0 Å². The average molecular weight is 164 g/mol. The molecule has 0 heterocycles. The molecule has 0 saturated heterocycles. The summed E-state index contributed by atoms with van der Waals surface area (Å²) in [5.74, 6) is 0. The first kappa shape index (κ1) is 9.23. The van der Waals surface area contributed by atoms with Crippen LogP contribution in [0.3, 0.4) is 0 Å². The maximum Gasteiger partial charge on any atom is 0.0295 e. The van der Waals surface area contributed by atoms with Gasteiger partial charge < -0.3 is 11.5 Å². The van der Waals surface area contributed by atoms with Gasteiger partial charge in [-0.3, -0.25) is 0 Å². The molecular formula is C10H16N2. The summed E-state index contributed by atoms with van der Waals surface area (Å²) in [6.07, 6.45) is 1.97. The predicted octanol–water partition coefficient (Wildman–Crippen LogP) is 1.43. The van der Waals surface area contributed by atoms with E-state index in [-0.39, 0.29) is 6.04 Å². The van der Waals surface area contributed by atoms with E-state index in [1.807, 2.05) is 18.2 Å². The molecule has 0 aliphatic rings. The van der Waals surface area contributed by atoms with E-state index in [0.717, 1.165) is 19.4 Å². The first-order valence-corrected chi connectivity index (χ1v) is 4.35. The standard InChI is InChI=1S/C10H16N2/c11-8-4-7-10(12)9-5-2-1-3-6-9/h1-3,5-6,10H,4,7-8,11-12H2/t10-/m1/s1. The van der Waals surface area contributed by atoms with Gasteiger partial charge in [0.15, 0.2) is 0 Å². The highest BCUT2D eigenvalue weighted by Crippen LogP contribution is 2.13. The Hall–Kier alpha value is -0.860. The highest BCUT2D eigenvalue weighted by atomic mass is 14.6. The lowest BCUT2D eigenvalue weighted by atomic mass is 10.0. The second kappa shape index (κ2) is 4.91. The van der Waals surface area contributed by atoms with Crippen molar-refractivity contribution < 1.29 is 0 Å². The van der Waals surface area contributed by atoms with Crippen LogP contribution in [0, 0.1) is 0 Å². The number of nitrogens with two attached hydrogens (primary N) is 2. The fourth-order valence-corrected chi connectivity index (χ4v) is 1.20. The highest BCUT2D eigenvalue weighted by molar-refractivity contribution is 5.18. The van der Waals surface area contributed by atoms with Crippen LogP contribution < -0.4 is 11.5 Å². The maximum atomic E-state index is 5.93. The molecule has 0 aliphatic carbocycles. The summed E-state index contributed by atoms with van der Waals surface area (Å²) >= 11 is 0. The molecule has 0 fully saturated rings. The molecule has 0 aliphatic heterocycles. The lowest BCUT2D eigenvalue weighted by Crippen LogP contribution is -2.12. The first-order valence-electron chi connectivity index (χ1n) is 4.35. The number of benzene rings is 1. The van der Waals surface area contributed by atoms with Crippen LogP contribution in [0.5, 0.6) is 0 Å². The van der Waals surface area contributed by atoms with Gasteiger partial charge in [-0.1, -0.05) is 30.3 Å². The van der Waals surface area contributed by atoms with E-state index in [1.165, 1.54) is 5.56 Å². The summed E-state index contributed by atoms with van der Waals surface area (Å²) in [5, 5.41) is 0. The van der Waals surface area contributed by atoms with Crippen LogP contribution in [0.1, 0.15) is 24.4 Å². The van der Waals surface area contributed by atoms with Crippen molar-refractivity contribution in [1.82, 2.24) is 0 Å². The van der Waals surface area contributed by atoms with Crippen molar-refractivity contribution >= 4 is 0 Å². The Morgan fingerprint density at radius 3 is 2.42 bits per heavy atom.